The van der Waals surface area contributed by atoms with Gasteiger partial charge in [-0.3, -0.25) is 0 Å². The van der Waals surface area contributed by atoms with Gasteiger partial charge in [-0.2, -0.15) is 0 Å². The Kier molecular flexibility index (Phi) is 2.05. The first kappa shape index (κ1) is 8.06. The van der Waals surface area contributed by atoms with Crippen molar-refractivity contribution in [1.82, 2.24) is 0 Å². The SMILES string of the molecule is C[n+]1cccc2c1C(Cl)CCC2. The fraction of sp³-hybridized carbons (Fsp3) is 0.500. The van der Waals surface area contributed by atoms with Gasteiger partial charge >= 0.3 is 0 Å². The number of pyridine rings is 1. The topological polar surface area (TPSA) is 3.88 Å². The van der Waals surface area contributed by atoms with E-state index in [0.717, 1.165) is 6.42 Å². The second kappa shape index (κ2) is 3.06. The van der Waals surface area contributed by atoms with Crippen LogP contribution < -0.4 is 4.57 Å². The molecular formula is C10H13ClN+. The molecule has 2 heteroatoms. The Labute approximate surface area is 78.0 Å². The molecule has 12 heavy (non-hydrogen) atoms. The Hall–Kier alpha value is -0.560. The van der Waals surface area contributed by atoms with Crippen molar-refractivity contribution < 1.29 is 4.57 Å². The third-order valence-electron chi connectivity index (χ3n) is 2.52. The summed E-state index contributed by atoms with van der Waals surface area (Å²) in [6, 6.07) is 4.28. The first-order valence-corrected chi connectivity index (χ1v) is 4.84. The summed E-state index contributed by atoms with van der Waals surface area (Å²) in [7, 11) is 2.07. The first-order valence-electron chi connectivity index (χ1n) is 4.40. The number of nitrogens with zero attached hydrogens (tertiary/aromatic N) is 1. The molecule has 0 aromatic carbocycles. The van der Waals surface area contributed by atoms with Gasteiger partial charge in [-0.05, 0) is 25.3 Å². The van der Waals surface area contributed by atoms with Crippen molar-refractivity contribution in [3.63, 3.8) is 0 Å². The minimum atomic E-state index is 0.222. The molecule has 0 saturated heterocycles. The summed E-state index contributed by atoms with van der Waals surface area (Å²) in [5.74, 6) is 0. The molecule has 0 fully saturated rings. The molecule has 0 saturated carbocycles. The van der Waals surface area contributed by atoms with E-state index in [4.69, 9.17) is 11.6 Å². The molecule has 1 heterocycles. The van der Waals surface area contributed by atoms with Crippen LogP contribution in [0.4, 0.5) is 0 Å². The van der Waals surface area contributed by atoms with Crippen molar-refractivity contribution in [2.24, 2.45) is 7.05 Å². The smallest absolute Gasteiger partial charge is 0.202 e. The molecule has 0 radical (unpaired) electrons. The average molecular weight is 183 g/mol. The van der Waals surface area contributed by atoms with E-state index in [0.29, 0.717) is 0 Å². The van der Waals surface area contributed by atoms with Gasteiger partial charge in [-0.1, -0.05) is 0 Å². The van der Waals surface area contributed by atoms with Gasteiger partial charge in [0.05, 0.1) is 0 Å². The molecule has 1 unspecified atom stereocenters. The second-order valence-electron chi connectivity index (χ2n) is 3.39. The Bertz CT molecular complexity index is 296. The van der Waals surface area contributed by atoms with Crippen molar-refractivity contribution in [3.05, 3.63) is 29.6 Å². The largest absolute Gasteiger partial charge is 0.204 e. The Morgan fingerprint density at radius 3 is 3.17 bits per heavy atom. The number of rotatable bonds is 0. The number of halogens is 1. The van der Waals surface area contributed by atoms with Gasteiger partial charge in [0.25, 0.3) is 0 Å². The van der Waals surface area contributed by atoms with Crippen LogP contribution in [0.1, 0.15) is 29.5 Å². The monoisotopic (exact) mass is 182 g/mol. The highest BCUT2D eigenvalue weighted by Gasteiger charge is 2.25. The van der Waals surface area contributed by atoms with Gasteiger partial charge in [0, 0.05) is 11.6 Å². The number of aromatic nitrogens is 1. The van der Waals surface area contributed by atoms with E-state index in [1.54, 1.807) is 0 Å². The molecule has 64 valence electrons. The van der Waals surface area contributed by atoms with E-state index in [-0.39, 0.29) is 5.38 Å². The molecule has 0 N–H and O–H groups in total. The van der Waals surface area contributed by atoms with Crippen LogP contribution in [-0.4, -0.2) is 0 Å². The zero-order valence-corrected chi connectivity index (χ0v) is 8.01. The van der Waals surface area contributed by atoms with Crippen LogP contribution in [0.15, 0.2) is 18.3 Å². The molecule has 0 aliphatic heterocycles. The van der Waals surface area contributed by atoms with E-state index in [9.17, 15) is 0 Å². The molecule has 1 atom stereocenters. The predicted octanol–water partition coefficient (Wildman–Crippen LogP) is 2.13. The third-order valence-corrected chi connectivity index (χ3v) is 2.94. The lowest BCUT2D eigenvalue weighted by Crippen LogP contribution is -2.36. The Morgan fingerprint density at radius 2 is 2.42 bits per heavy atom. The van der Waals surface area contributed by atoms with E-state index in [1.807, 2.05) is 0 Å². The van der Waals surface area contributed by atoms with Crippen LogP contribution in [0.5, 0.6) is 0 Å². The van der Waals surface area contributed by atoms with E-state index >= 15 is 0 Å². The molecule has 1 aromatic heterocycles. The van der Waals surface area contributed by atoms with Crippen LogP contribution in [0.25, 0.3) is 0 Å². The second-order valence-corrected chi connectivity index (χ2v) is 3.92. The third kappa shape index (κ3) is 1.22. The van der Waals surface area contributed by atoms with Crippen LogP contribution >= 0.6 is 11.6 Å². The summed E-state index contributed by atoms with van der Waals surface area (Å²) in [6.45, 7) is 0. The molecular weight excluding hydrogens is 170 g/mol. The fourth-order valence-corrected chi connectivity index (χ4v) is 2.37. The molecule has 1 aromatic rings. The van der Waals surface area contributed by atoms with Crippen LogP contribution in [0.3, 0.4) is 0 Å². The van der Waals surface area contributed by atoms with Crippen molar-refractivity contribution in [1.29, 1.82) is 0 Å². The Morgan fingerprint density at radius 1 is 1.58 bits per heavy atom. The predicted molar refractivity (Wildman–Crippen MR) is 49.2 cm³/mol. The normalized spacial score (nSPS) is 22.0. The number of aryl methyl sites for hydroxylation is 2. The van der Waals surface area contributed by atoms with E-state index in [2.05, 4.69) is 29.9 Å². The van der Waals surface area contributed by atoms with Crippen molar-refractivity contribution >= 4 is 11.6 Å². The fourth-order valence-electron chi connectivity index (χ4n) is 1.92. The van der Waals surface area contributed by atoms with Gasteiger partial charge < -0.3 is 0 Å². The Balaban J connectivity index is 2.53. The van der Waals surface area contributed by atoms with Gasteiger partial charge in [0.1, 0.15) is 12.4 Å². The summed E-state index contributed by atoms with van der Waals surface area (Å²) >= 11 is 6.23. The average Bonchev–Trinajstić information content (AvgIpc) is 2.04. The lowest BCUT2D eigenvalue weighted by molar-refractivity contribution is -0.680. The molecule has 1 aliphatic rings. The number of hydrogen-bond acceptors (Lipinski definition) is 0. The van der Waals surface area contributed by atoms with Gasteiger partial charge in [-0.15, -0.1) is 11.6 Å². The maximum Gasteiger partial charge on any atom is 0.202 e. The molecule has 2 rings (SSSR count). The molecule has 1 nitrogen and oxygen atoms in total. The summed E-state index contributed by atoms with van der Waals surface area (Å²) in [6.07, 6.45) is 5.60. The molecule has 0 bridgehead atoms. The zero-order chi connectivity index (χ0) is 8.55. The van der Waals surface area contributed by atoms with E-state index in [1.165, 1.54) is 24.1 Å². The summed E-state index contributed by atoms with van der Waals surface area (Å²) in [5, 5.41) is 0.222. The van der Waals surface area contributed by atoms with Crippen molar-refractivity contribution in [3.8, 4) is 0 Å². The minimum absolute atomic E-state index is 0.222. The highest BCUT2D eigenvalue weighted by molar-refractivity contribution is 6.20. The molecule has 0 spiro atoms. The molecule has 0 amide bonds. The van der Waals surface area contributed by atoms with Crippen molar-refractivity contribution in [2.45, 2.75) is 24.6 Å². The minimum Gasteiger partial charge on any atom is -0.204 e. The highest BCUT2D eigenvalue weighted by Crippen LogP contribution is 2.31. The van der Waals surface area contributed by atoms with Crippen molar-refractivity contribution in [2.75, 3.05) is 0 Å². The van der Waals surface area contributed by atoms with Gasteiger partial charge in [0.2, 0.25) is 5.69 Å². The van der Waals surface area contributed by atoms with Crippen LogP contribution in [0.2, 0.25) is 0 Å². The van der Waals surface area contributed by atoms with E-state index < -0.39 is 0 Å². The summed E-state index contributed by atoms with van der Waals surface area (Å²) in [5.41, 5.74) is 2.73. The number of fused-ring (bicyclic) bond motifs is 1. The maximum absolute atomic E-state index is 6.23. The zero-order valence-electron chi connectivity index (χ0n) is 7.26. The van der Waals surface area contributed by atoms with Gasteiger partial charge in [-0.25, -0.2) is 4.57 Å². The highest BCUT2D eigenvalue weighted by atomic mass is 35.5. The standard InChI is InChI=1S/C10H13ClN/c1-12-7-3-5-8-4-2-6-9(11)10(8)12/h3,5,7,9H,2,4,6H2,1H3/q+1. The summed E-state index contributed by atoms with van der Waals surface area (Å²) in [4.78, 5) is 0. The maximum atomic E-state index is 6.23. The quantitative estimate of drug-likeness (QED) is 0.428. The lowest BCUT2D eigenvalue weighted by Gasteiger charge is -2.16. The van der Waals surface area contributed by atoms with Gasteiger partial charge in [0.15, 0.2) is 6.20 Å². The summed E-state index contributed by atoms with van der Waals surface area (Å²) < 4.78 is 2.14. The number of alkyl halides is 1. The lowest BCUT2D eigenvalue weighted by atomic mass is 9.95. The number of hydrogen-bond donors (Lipinski definition) is 0. The van der Waals surface area contributed by atoms with Crippen LogP contribution in [-0.2, 0) is 13.5 Å². The first-order chi connectivity index (χ1) is 5.79. The molecule has 1 aliphatic carbocycles. The van der Waals surface area contributed by atoms with Crippen LogP contribution in [0, 0.1) is 0 Å².